The van der Waals surface area contributed by atoms with E-state index in [1.165, 1.54) is 70.6 Å². The van der Waals surface area contributed by atoms with Gasteiger partial charge in [-0.2, -0.15) is 0 Å². The number of aromatic nitrogens is 2. The van der Waals surface area contributed by atoms with E-state index >= 15 is 0 Å². The molecule has 1 unspecified atom stereocenters. The number of unbranched alkanes of at least 4 members (excludes halogenated alkanes) is 12. The molecule has 2 saturated heterocycles. The fourth-order valence-electron chi connectivity index (χ4n) is 7.46. The predicted molar refractivity (Wildman–Crippen MR) is 209 cm³/mol. The molecule has 1 aromatic heterocycles. The second-order valence-electron chi connectivity index (χ2n) is 14.8. The van der Waals surface area contributed by atoms with Crippen LogP contribution in [0.1, 0.15) is 133 Å². The van der Waals surface area contributed by atoms with E-state index in [4.69, 9.17) is 9.47 Å². The van der Waals surface area contributed by atoms with Crippen LogP contribution in [0.5, 0.6) is 0 Å². The maximum atomic E-state index is 12.9. The zero-order valence-corrected chi connectivity index (χ0v) is 31.8. The molecule has 2 aliphatic heterocycles. The van der Waals surface area contributed by atoms with Crippen molar-refractivity contribution >= 4 is 17.5 Å². The monoisotopic (exact) mass is 713 g/mol. The number of nitrogens with zero attached hydrogens (tertiary/aromatic N) is 4. The molecule has 3 aromatic rings. The molecule has 0 bridgehead atoms. The molecular formula is C43H63N5O4. The number of aliphatic hydroxyl groups is 1. The van der Waals surface area contributed by atoms with E-state index < -0.39 is 6.29 Å². The number of aliphatic hydroxyl groups excluding tert-OH is 1. The van der Waals surface area contributed by atoms with Crippen LogP contribution < -0.4 is 10.2 Å². The van der Waals surface area contributed by atoms with E-state index in [9.17, 15) is 9.90 Å². The molecule has 9 heteroatoms. The Morgan fingerprint density at radius 3 is 2.06 bits per heavy atom. The highest BCUT2D eigenvalue weighted by molar-refractivity contribution is 5.90. The lowest BCUT2D eigenvalue weighted by atomic mass is 9.90. The fourth-order valence-corrected chi connectivity index (χ4v) is 7.46. The van der Waals surface area contributed by atoms with Crippen molar-refractivity contribution in [3.63, 3.8) is 0 Å². The van der Waals surface area contributed by atoms with Gasteiger partial charge in [0.05, 0.1) is 18.8 Å². The Balaban J connectivity index is 1.11. The van der Waals surface area contributed by atoms with E-state index in [-0.39, 0.29) is 30.6 Å². The molecule has 0 spiro atoms. The molecule has 2 aliphatic rings. The third-order valence-electron chi connectivity index (χ3n) is 10.7. The van der Waals surface area contributed by atoms with Gasteiger partial charge in [-0.25, -0.2) is 9.97 Å². The van der Waals surface area contributed by atoms with Gasteiger partial charge in [0.2, 0.25) is 11.9 Å². The molecule has 52 heavy (non-hydrogen) atoms. The number of hydrogen-bond donors (Lipinski definition) is 2. The van der Waals surface area contributed by atoms with Crippen molar-refractivity contribution in [2.75, 3.05) is 42.9 Å². The van der Waals surface area contributed by atoms with E-state index in [1.807, 2.05) is 42.5 Å². The second kappa shape index (κ2) is 22.0. The molecule has 3 heterocycles. The third kappa shape index (κ3) is 12.6. The van der Waals surface area contributed by atoms with E-state index in [0.29, 0.717) is 6.42 Å². The number of piperazine rings is 1. The minimum Gasteiger partial charge on any atom is -0.392 e. The Labute approximate surface area is 312 Å². The van der Waals surface area contributed by atoms with Gasteiger partial charge in [0.25, 0.3) is 0 Å². The quantitative estimate of drug-likeness (QED) is 0.106. The molecule has 9 nitrogen and oxygen atoms in total. The van der Waals surface area contributed by atoms with Crippen LogP contribution in [-0.4, -0.2) is 64.7 Å². The van der Waals surface area contributed by atoms with Crippen LogP contribution in [0.25, 0.3) is 0 Å². The lowest BCUT2D eigenvalue weighted by molar-refractivity contribution is -0.276. The topological polar surface area (TPSA) is 100 Å². The van der Waals surface area contributed by atoms with Gasteiger partial charge in [-0.05, 0) is 35.7 Å². The SMILES string of the molecule is CCCCCCCCCCCCCCCC(=O)Nc1cccc(C2O[C@H](CN3CCN(c4ncccn4)CC3)[C@H](C)[C@H](c3ccc(CO)cc3)O2)c1. The summed E-state index contributed by atoms with van der Waals surface area (Å²) in [7, 11) is 0. The Morgan fingerprint density at radius 2 is 1.42 bits per heavy atom. The zero-order chi connectivity index (χ0) is 36.4. The minimum atomic E-state index is -0.583. The maximum Gasteiger partial charge on any atom is 0.225 e. The van der Waals surface area contributed by atoms with Gasteiger partial charge in [0.15, 0.2) is 6.29 Å². The van der Waals surface area contributed by atoms with Gasteiger partial charge in [0, 0.05) is 68.7 Å². The highest BCUT2D eigenvalue weighted by Gasteiger charge is 2.39. The van der Waals surface area contributed by atoms with Gasteiger partial charge in [-0.1, -0.05) is 127 Å². The highest BCUT2D eigenvalue weighted by Crippen LogP contribution is 2.42. The number of hydrogen-bond acceptors (Lipinski definition) is 8. The van der Waals surface area contributed by atoms with Crippen LogP contribution in [0, 0.1) is 5.92 Å². The van der Waals surface area contributed by atoms with E-state index in [0.717, 1.165) is 73.9 Å². The summed E-state index contributed by atoms with van der Waals surface area (Å²) in [5.41, 5.74) is 3.59. The standard InChI is InChI=1S/C43H63N5O4/c1-3-4-5-6-7-8-9-10-11-12-13-14-15-20-40(50)46-38-19-16-18-37(31-38)42-51-39(34(2)41(52-42)36-23-21-35(33-49)22-24-36)32-47-27-29-48(30-28-47)43-44-25-17-26-45-43/h16-19,21-26,31,34,39,41-42,49H,3-15,20,27-30,32-33H2,1-2H3,(H,46,50)/t34-,39+,41+,42?/m0/s1. The fraction of sp³-hybridized carbons (Fsp3) is 0.605. The first-order valence-electron chi connectivity index (χ1n) is 20.2. The van der Waals surface area contributed by atoms with Crippen LogP contribution in [0.4, 0.5) is 11.6 Å². The van der Waals surface area contributed by atoms with Gasteiger partial charge in [-0.15, -0.1) is 0 Å². The van der Waals surface area contributed by atoms with Gasteiger partial charge < -0.3 is 24.8 Å². The molecule has 4 atom stereocenters. The number of amides is 1. The normalized spacial score (nSPS) is 20.9. The summed E-state index contributed by atoms with van der Waals surface area (Å²) in [4.78, 5) is 26.5. The second-order valence-corrected chi connectivity index (χ2v) is 14.8. The average molecular weight is 714 g/mol. The van der Waals surface area contributed by atoms with Crippen molar-refractivity contribution < 1.29 is 19.4 Å². The molecule has 1 amide bonds. The van der Waals surface area contributed by atoms with E-state index in [2.05, 4.69) is 51.1 Å². The zero-order valence-electron chi connectivity index (χ0n) is 31.8. The van der Waals surface area contributed by atoms with E-state index in [1.54, 1.807) is 12.4 Å². The van der Waals surface area contributed by atoms with Crippen molar-refractivity contribution in [3.05, 3.63) is 83.7 Å². The number of benzene rings is 2. The third-order valence-corrected chi connectivity index (χ3v) is 10.7. The molecule has 2 aromatic carbocycles. The summed E-state index contributed by atoms with van der Waals surface area (Å²) in [5, 5.41) is 12.8. The number of nitrogens with one attached hydrogen (secondary N) is 1. The Morgan fingerprint density at radius 1 is 0.788 bits per heavy atom. The number of rotatable bonds is 21. The number of carbonyl (C=O) groups excluding carboxylic acids is 1. The lowest BCUT2D eigenvalue weighted by Crippen LogP contribution is -2.51. The molecular weight excluding hydrogens is 651 g/mol. The van der Waals surface area contributed by atoms with Gasteiger partial charge in [0.1, 0.15) is 0 Å². The average Bonchev–Trinajstić information content (AvgIpc) is 3.18. The summed E-state index contributed by atoms with van der Waals surface area (Å²) >= 11 is 0. The Bertz CT molecular complexity index is 1430. The molecule has 0 radical (unpaired) electrons. The molecule has 284 valence electrons. The van der Waals surface area contributed by atoms with Crippen molar-refractivity contribution in [1.82, 2.24) is 14.9 Å². The van der Waals surface area contributed by atoms with Crippen LogP contribution in [-0.2, 0) is 20.9 Å². The minimum absolute atomic E-state index is 0.00753. The Hall–Kier alpha value is -3.37. The first-order valence-corrected chi connectivity index (χ1v) is 20.2. The van der Waals surface area contributed by atoms with Crippen molar-refractivity contribution in [3.8, 4) is 0 Å². The van der Waals surface area contributed by atoms with Gasteiger partial charge in [-0.3, -0.25) is 9.69 Å². The van der Waals surface area contributed by atoms with Crippen LogP contribution >= 0.6 is 0 Å². The van der Waals surface area contributed by atoms with Crippen LogP contribution in [0.3, 0.4) is 0 Å². The maximum absolute atomic E-state index is 12.9. The smallest absolute Gasteiger partial charge is 0.225 e. The number of carbonyl (C=O) groups is 1. The number of anilines is 2. The summed E-state index contributed by atoms with van der Waals surface area (Å²) in [6.07, 6.45) is 20.1. The Kier molecular flexibility index (Phi) is 16.8. The molecule has 5 rings (SSSR count). The summed E-state index contributed by atoms with van der Waals surface area (Å²) < 4.78 is 13.5. The van der Waals surface area contributed by atoms with Crippen molar-refractivity contribution in [2.24, 2.45) is 5.92 Å². The highest BCUT2D eigenvalue weighted by atomic mass is 16.7. The summed E-state index contributed by atoms with van der Waals surface area (Å²) in [6, 6.07) is 17.8. The largest absolute Gasteiger partial charge is 0.392 e. The molecule has 2 N–H and O–H groups in total. The van der Waals surface area contributed by atoms with Crippen LogP contribution in [0.2, 0.25) is 0 Å². The molecule has 0 aliphatic carbocycles. The predicted octanol–water partition coefficient (Wildman–Crippen LogP) is 9.00. The number of ether oxygens (including phenoxy) is 2. The first-order chi connectivity index (χ1) is 25.5. The summed E-state index contributed by atoms with van der Waals surface area (Å²) in [5.74, 6) is 0.926. The molecule has 0 saturated carbocycles. The van der Waals surface area contributed by atoms with Crippen LogP contribution in [0.15, 0.2) is 67.0 Å². The molecule has 2 fully saturated rings. The lowest BCUT2D eigenvalue weighted by Gasteiger charge is -2.44. The van der Waals surface area contributed by atoms with Gasteiger partial charge >= 0.3 is 0 Å². The first kappa shape index (κ1) is 39.8. The van der Waals surface area contributed by atoms with Crippen molar-refractivity contribution in [2.45, 2.75) is 129 Å². The van der Waals surface area contributed by atoms with Crippen molar-refractivity contribution in [1.29, 1.82) is 0 Å². The summed E-state index contributed by atoms with van der Waals surface area (Å²) in [6.45, 7) is 8.77.